The first kappa shape index (κ1) is 21.6. The fourth-order valence-corrected chi connectivity index (χ4v) is 3.81. The van der Waals surface area contributed by atoms with E-state index in [1.807, 2.05) is 31.3 Å². The van der Waals surface area contributed by atoms with Crippen LogP contribution in [0.4, 0.5) is 0 Å². The van der Waals surface area contributed by atoms with Crippen LogP contribution in [0.3, 0.4) is 0 Å². The lowest BCUT2D eigenvalue weighted by molar-refractivity contribution is -0.149. The molecule has 1 atom stereocenters. The number of halogens is 1. The zero-order valence-corrected chi connectivity index (χ0v) is 18.4. The standard InChI is InChI=1S/C23H22ClN5O3/c1-14-4-3-5-19-17(10-26-22(14)19)8-20(28-15(2)30)23(31)32-11-16-6-7-18(24)9-21(16)29-13-25-12-27-29/h3-7,9-10,12-13,20,26H,8,11H2,1-2H3,(H,28,30). The number of para-hydroxylation sites is 1. The zero-order chi connectivity index (χ0) is 22.7. The van der Waals surface area contributed by atoms with Crippen molar-refractivity contribution in [2.45, 2.75) is 32.9 Å². The van der Waals surface area contributed by atoms with Crippen LogP contribution in [0.1, 0.15) is 23.6 Å². The van der Waals surface area contributed by atoms with Gasteiger partial charge >= 0.3 is 5.97 Å². The maximum absolute atomic E-state index is 12.9. The maximum Gasteiger partial charge on any atom is 0.329 e. The third-order valence-corrected chi connectivity index (χ3v) is 5.41. The molecule has 8 nitrogen and oxygen atoms in total. The number of nitrogens with one attached hydrogen (secondary N) is 2. The van der Waals surface area contributed by atoms with Gasteiger partial charge in [0, 0.05) is 41.0 Å². The summed E-state index contributed by atoms with van der Waals surface area (Å²) in [5.41, 5.74) is 4.41. The lowest BCUT2D eigenvalue weighted by Crippen LogP contribution is -2.42. The summed E-state index contributed by atoms with van der Waals surface area (Å²) in [6, 6.07) is 10.3. The van der Waals surface area contributed by atoms with Crippen LogP contribution >= 0.6 is 11.6 Å². The van der Waals surface area contributed by atoms with Crippen LogP contribution in [0.25, 0.3) is 16.6 Å². The summed E-state index contributed by atoms with van der Waals surface area (Å²) in [6.07, 6.45) is 5.11. The Morgan fingerprint density at radius 3 is 2.84 bits per heavy atom. The number of rotatable bonds is 7. The Morgan fingerprint density at radius 1 is 1.25 bits per heavy atom. The molecule has 9 heteroatoms. The minimum absolute atomic E-state index is 0.00568. The lowest BCUT2D eigenvalue weighted by atomic mass is 10.0. The Hall–Kier alpha value is -3.65. The van der Waals surface area contributed by atoms with Gasteiger partial charge in [0.25, 0.3) is 0 Å². The van der Waals surface area contributed by atoms with Gasteiger partial charge in [-0.25, -0.2) is 14.5 Å². The molecule has 2 N–H and O–H groups in total. The first-order valence-electron chi connectivity index (χ1n) is 10.0. The molecule has 2 aromatic carbocycles. The van der Waals surface area contributed by atoms with Crippen molar-refractivity contribution in [3.05, 3.63) is 77.0 Å². The molecule has 0 bridgehead atoms. The number of carbonyl (C=O) groups is 2. The van der Waals surface area contributed by atoms with E-state index in [0.29, 0.717) is 22.7 Å². The smallest absolute Gasteiger partial charge is 0.329 e. The van der Waals surface area contributed by atoms with E-state index in [9.17, 15) is 9.59 Å². The monoisotopic (exact) mass is 451 g/mol. The normalized spacial score (nSPS) is 12.0. The molecule has 0 spiro atoms. The van der Waals surface area contributed by atoms with Crippen molar-refractivity contribution in [1.82, 2.24) is 25.1 Å². The number of carbonyl (C=O) groups excluding carboxylic acids is 2. The van der Waals surface area contributed by atoms with Gasteiger partial charge in [-0.05, 0) is 30.2 Å². The molecule has 0 radical (unpaired) electrons. The fourth-order valence-electron chi connectivity index (χ4n) is 3.65. The van der Waals surface area contributed by atoms with Gasteiger partial charge in [-0.2, -0.15) is 5.10 Å². The molecule has 2 aromatic heterocycles. The van der Waals surface area contributed by atoms with Crippen LogP contribution in [-0.4, -0.2) is 37.7 Å². The summed E-state index contributed by atoms with van der Waals surface area (Å²) in [5, 5.41) is 8.37. The Labute approximate surface area is 189 Å². The second-order valence-corrected chi connectivity index (χ2v) is 7.93. The molecule has 164 valence electrons. The summed E-state index contributed by atoms with van der Waals surface area (Å²) < 4.78 is 7.14. The molecule has 0 aliphatic rings. The van der Waals surface area contributed by atoms with E-state index >= 15 is 0 Å². The average Bonchev–Trinajstić information content (AvgIpc) is 3.43. The molecule has 1 unspecified atom stereocenters. The second kappa shape index (κ2) is 9.23. The van der Waals surface area contributed by atoms with Crippen LogP contribution in [0.15, 0.2) is 55.2 Å². The van der Waals surface area contributed by atoms with Gasteiger partial charge in [0.15, 0.2) is 0 Å². The van der Waals surface area contributed by atoms with Crippen LogP contribution in [-0.2, 0) is 27.4 Å². The third-order valence-electron chi connectivity index (χ3n) is 5.18. The van der Waals surface area contributed by atoms with Crippen LogP contribution in [0, 0.1) is 6.92 Å². The molecule has 0 fully saturated rings. The van der Waals surface area contributed by atoms with Crippen molar-refractivity contribution in [1.29, 1.82) is 0 Å². The minimum atomic E-state index is -0.825. The number of benzene rings is 2. The number of aromatic nitrogens is 4. The molecule has 4 rings (SSSR count). The molecular formula is C23H22ClN5O3. The Balaban J connectivity index is 1.53. The highest BCUT2D eigenvalue weighted by Gasteiger charge is 2.24. The van der Waals surface area contributed by atoms with Crippen LogP contribution in [0.5, 0.6) is 0 Å². The highest BCUT2D eigenvalue weighted by Crippen LogP contribution is 2.23. The molecule has 0 aliphatic heterocycles. The SMILES string of the molecule is CC(=O)NC(Cc1c[nH]c2c(C)cccc12)C(=O)OCc1ccc(Cl)cc1-n1cncn1. The predicted molar refractivity (Wildman–Crippen MR) is 121 cm³/mol. The summed E-state index contributed by atoms with van der Waals surface area (Å²) in [7, 11) is 0. The van der Waals surface area contributed by atoms with E-state index in [0.717, 1.165) is 22.0 Å². The van der Waals surface area contributed by atoms with Crippen LogP contribution in [0.2, 0.25) is 5.02 Å². The van der Waals surface area contributed by atoms with Gasteiger partial charge < -0.3 is 15.0 Å². The largest absolute Gasteiger partial charge is 0.459 e. The average molecular weight is 452 g/mol. The fraction of sp³-hybridized carbons (Fsp3) is 0.217. The zero-order valence-electron chi connectivity index (χ0n) is 17.6. The first-order chi connectivity index (χ1) is 15.4. The number of hydrogen-bond acceptors (Lipinski definition) is 5. The van der Waals surface area contributed by atoms with Crippen molar-refractivity contribution >= 4 is 34.4 Å². The van der Waals surface area contributed by atoms with Gasteiger partial charge in [0.05, 0.1) is 5.69 Å². The van der Waals surface area contributed by atoms with Crippen molar-refractivity contribution in [2.24, 2.45) is 0 Å². The Morgan fingerprint density at radius 2 is 2.09 bits per heavy atom. The topological polar surface area (TPSA) is 102 Å². The minimum Gasteiger partial charge on any atom is -0.459 e. The third kappa shape index (κ3) is 4.65. The number of hydrogen-bond donors (Lipinski definition) is 2. The van der Waals surface area contributed by atoms with Gasteiger partial charge in [-0.1, -0.05) is 35.9 Å². The van der Waals surface area contributed by atoms with Gasteiger partial charge in [0.1, 0.15) is 25.3 Å². The van der Waals surface area contributed by atoms with Crippen molar-refractivity contribution in [2.75, 3.05) is 0 Å². The molecular weight excluding hydrogens is 430 g/mol. The Bertz CT molecular complexity index is 1270. The molecule has 1 amide bonds. The van der Waals surface area contributed by atoms with Crippen molar-refractivity contribution < 1.29 is 14.3 Å². The first-order valence-corrected chi connectivity index (χ1v) is 10.4. The summed E-state index contributed by atoms with van der Waals surface area (Å²) >= 11 is 6.12. The van der Waals surface area contributed by atoms with Crippen molar-refractivity contribution in [3.63, 3.8) is 0 Å². The summed E-state index contributed by atoms with van der Waals surface area (Å²) in [5.74, 6) is -0.834. The molecule has 0 aliphatic carbocycles. The highest BCUT2D eigenvalue weighted by atomic mass is 35.5. The van der Waals surface area contributed by atoms with Crippen molar-refractivity contribution in [3.8, 4) is 5.69 Å². The highest BCUT2D eigenvalue weighted by molar-refractivity contribution is 6.30. The summed E-state index contributed by atoms with van der Waals surface area (Å²) in [6.45, 7) is 3.39. The molecule has 4 aromatic rings. The second-order valence-electron chi connectivity index (χ2n) is 7.49. The van der Waals surface area contributed by atoms with Gasteiger partial charge in [-0.3, -0.25) is 4.79 Å². The van der Waals surface area contributed by atoms with E-state index < -0.39 is 12.0 Å². The van der Waals surface area contributed by atoms with E-state index in [4.69, 9.17) is 16.3 Å². The molecule has 32 heavy (non-hydrogen) atoms. The number of fused-ring (bicyclic) bond motifs is 1. The number of aromatic amines is 1. The lowest BCUT2D eigenvalue weighted by Gasteiger charge is -2.17. The van der Waals surface area contributed by atoms with Gasteiger partial charge in [0.2, 0.25) is 5.91 Å². The molecule has 0 saturated heterocycles. The van der Waals surface area contributed by atoms with E-state index in [2.05, 4.69) is 20.4 Å². The quantitative estimate of drug-likeness (QED) is 0.419. The summed E-state index contributed by atoms with van der Waals surface area (Å²) in [4.78, 5) is 31.9. The number of ether oxygens (including phenoxy) is 1. The number of esters is 1. The predicted octanol–water partition coefficient (Wildman–Crippen LogP) is 3.50. The molecule has 2 heterocycles. The number of nitrogens with zero attached hydrogens (tertiary/aromatic N) is 3. The number of H-pyrrole nitrogens is 1. The maximum atomic E-state index is 12.9. The Kier molecular flexibility index (Phi) is 6.23. The van der Waals surface area contributed by atoms with E-state index in [1.165, 1.54) is 19.6 Å². The number of amides is 1. The van der Waals surface area contributed by atoms with Gasteiger partial charge in [-0.15, -0.1) is 0 Å². The van der Waals surface area contributed by atoms with E-state index in [1.54, 1.807) is 22.9 Å². The van der Waals surface area contributed by atoms with Crippen LogP contribution < -0.4 is 5.32 Å². The molecule has 0 saturated carbocycles. The number of aryl methyl sites for hydroxylation is 1. The van der Waals surface area contributed by atoms with E-state index in [-0.39, 0.29) is 12.5 Å².